The Bertz CT molecular complexity index is 455. The van der Waals surface area contributed by atoms with E-state index in [0.717, 1.165) is 0 Å². The molecule has 1 N–H and O–H groups in total. The average molecular weight is 303 g/mol. The van der Waals surface area contributed by atoms with E-state index < -0.39 is 5.97 Å². The Labute approximate surface area is 106 Å². The molecule has 1 rings (SSSR count). The molecule has 0 unspecified atom stereocenters. The van der Waals surface area contributed by atoms with Crippen LogP contribution in [0.15, 0.2) is 12.1 Å². The zero-order chi connectivity index (χ0) is 13.0. The fraction of sp³-hybridized carbons (Fsp3) is 0.273. The van der Waals surface area contributed by atoms with Crippen LogP contribution in [0.1, 0.15) is 20.7 Å². The van der Waals surface area contributed by atoms with Gasteiger partial charge < -0.3 is 14.6 Å². The van der Waals surface area contributed by atoms with Crippen molar-refractivity contribution in [3.8, 4) is 11.5 Å². The predicted molar refractivity (Wildman–Crippen MR) is 64.6 cm³/mol. The molecule has 0 aliphatic rings. The number of hydrogen-bond donors (Lipinski definition) is 1. The zero-order valence-corrected chi connectivity index (χ0v) is 10.9. The van der Waals surface area contributed by atoms with Gasteiger partial charge >= 0.3 is 5.97 Å². The van der Waals surface area contributed by atoms with Gasteiger partial charge in [-0.2, -0.15) is 0 Å². The summed E-state index contributed by atoms with van der Waals surface area (Å²) in [6, 6.07) is 2.64. The Kier molecular flexibility index (Phi) is 4.51. The molecule has 0 atom stereocenters. The van der Waals surface area contributed by atoms with E-state index >= 15 is 0 Å². The number of carbonyl (C=O) groups is 2. The van der Waals surface area contributed by atoms with E-state index in [0.29, 0.717) is 0 Å². The molecule has 1 aromatic rings. The Morgan fingerprint density at radius 1 is 1.18 bits per heavy atom. The minimum atomic E-state index is -1.16. The summed E-state index contributed by atoms with van der Waals surface area (Å²) in [5, 5.41) is 9.09. The number of alkyl halides is 1. The van der Waals surface area contributed by atoms with Crippen LogP contribution in [0.25, 0.3) is 0 Å². The van der Waals surface area contributed by atoms with Crippen molar-refractivity contribution >= 4 is 27.7 Å². The van der Waals surface area contributed by atoms with Crippen molar-refractivity contribution in [1.29, 1.82) is 0 Å². The van der Waals surface area contributed by atoms with E-state index in [-0.39, 0.29) is 33.7 Å². The summed E-state index contributed by atoms with van der Waals surface area (Å²) in [5.74, 6) is -0.975. The summed E-state index contributed by atoms with van der Waals surface area (Å²) >= 11 is 3.03. The fourth-order valence-corrected chi connectivity index (χ4v) is 1.66. The molecule has 0 radical (unpaired) electrons. The number of methoxy groups -OCH3 is 2. The predicted octanol–water partition coefficient (Wildman–Crippen LogP) is 1.98. The standard InChI is InChI=1S/C11H11BrO5/c1-16-9-4-10(17-2)7(11(14)15)3-6(9)8(13)5-12/h3-4H,5H2,1-2H3,(H,14,15). The lowest BCUT2D eigenvalue weighted by Gasteiger charge is -2.11. The molecule has 1 aromatic carbocycles. The molecule has 6 heteroatoms. The van der Waals surface area contributed by atoms with Crippen LogP contribution in [0.3, 0.4) is 0 Å². The second-order valence-corrected chi connectivity index (χ2v) is 3.68. The third kappa shape index (κ3) is 2.76. The maximum Gasteiger partial charge on any atom is 0.339 e. The van der Waals surface area contributed by atoms with E-state index in [2.05, 4.69) is 15.9 Å². The van der Waals surface area contributed by atoms with Gasteiger partial charge in [0.15, 0.2) is 5.78 Å². The molecule has 0 heterocycles. The van der Waals surface area contributed by atoms with Gasteiger partial charge in [0.05, 0.1) is 25.1 Å². The number of carboxylic acids is 1. The average Bonchev–Trinajstić information content (AvgIpc) is 2.35. The molecule has 0 aromatic heterocycles. The van der Waals surface area contributed by atoms with Gasteiger partial charge in [-0.3, -0.25) is 4.79 Å². The Morgan fingerprint density at radius 3 is 2.12 bits per heavy atom. The molecule has 0 amide bonds. The Balaban J connectivity index is 3.44. The highest BCUT2D eigenvalue weighted by molar-refractivity contribution is 9.09. The molecule has 0 aliphatic carbocycles. The fourth-order valence-electron chi connectivity index (χ4n) is 1.36. The van der Waals surface area contributed by atoms with Gasteiger partial charge in [-0.15, -0.1) is 0 Å². The molecular formula is C11H11BrO5. The van der Waals surface area contributed by atoms with Gasteiger partial charge in [0.25, 0.3) is 0 Å². The molecule has 0 aliphatic heterocycles. The molecule has 0 saturated carbocycles. The molecule has 17 heavy (non-hydrogen) atoms. The summed E-state index contributed by atoms with van der Waals surface area (Å²) < 4.78 is 9.96. The molecule has 0 spiro atoms. The number of halogens is 1. The quantitative estimate of drug-likeness (QED) is 0.665. The first-order valence-electron chi connectivity index (χ1n) is 4.63. The summed E-state index contributed by atoms with van der Waals surface area (Å²) in [6.07, 6.45) is 0. The lowest BCUT2D eigenvalue weighted by Crippen LogP contribution is -2.08. The molecule has 0 bridgehead atoms. The lowest BCUT2D eigenvalue weighted by molar-refractivity contribution is 0.0693. The van der Waals surface area contributed by atoms with E-state index in [9.17, 15) is 9.59 Å². The largest absolute Gasteiger partial charge is 0.496 e. The van der Waals surface area contributed by atoms with Crippen molar-refractivity contribution in [3.05, 3.63) is 23.3 Å². The summed E-state index contributed by atoms with van der Waals surface area (Å²) in [5.41, 5.74) is 0.139. The Hall–Kier alpha value is -1.56. The van der Waals surface area contributed by atoms with Crippen molar-refractivity contribution < 1.29 is 24.2 Å². The van der Waals surface area contributed by atoms with E-state index in [1.54, 1.807) is 0 Å². The number of carboxylic acid groups (broad SMARTS) is 1. The minimum Gasteiger partial charge on any atom is -0.496 e. The van der Waals surface area contributed by atoms with Crippen molar-refractivity contribution in [3.63, 3.8) is 0 Å². The first kappa shape index (κ1) is 13.5. The van der Waals surface area contributed by atoms with E-state index in [1.165, 1.54) is 26.4 Å². The maximum atomic E-state index is 11.6. The number of benzene rings is 1. The minimum absolute atomic E-state index is 0.0717. The number of ketones is 1. The first-order valence-corrected chi connectivity index (χ1v) is 5.75. The highest BCUT2D eigenvalue weighted by atomic mass is 79.9. The van der Waals surface area contributed by atoms with E-state index in [1.807, 2.05) is 0 Å². The van der Waals surface area contributed by atoms with Gasteiger partial charge in [0.1, 0.15) is 17.1 Å². The number of hydrogen-bond acceptors (Lipinski definition) is 4. The third-order valence-electron chi connectivity index (χ3n) is 2.17. The number of carbonyl (C=O) groups excluding carboxylic acids is 1. The van der Waals surface area contributed by atoms with Gasteiger partial charge in [-0.25, -0.2) is 4.79 Å². The topological polar surface area (TPSA) is 72.8 Å². The van der Waals surface area contributed by atoms with Gasteiger partial charge in [-0.1, -0.05) is 15.9 Å². The SMILES string of the molecule is COc1cc(OC)c(C(=O)CBr)cc1C(=O)O. The van der Waals surface area contributed by atoms with Crippen LogP contribution in [0, 0.1) is 0 Å². The normalized spacial score (nSPS) is 9.82. The second-order valence-electron chi connectivity index (χ2n) is 3.11. The highest BCUT2D eigenvalue weighted by Gasteiger charge is 2.19. The van der Waals surface area contributed by atoms with E-state index in [4.69, 9.17) is 14.6 Å². The Morgan fingerprint density at radius 2 is 1.71 bits per heavy atom. The maximum absolute atomic E-state index is 11.6. The zero-order valence-electron chi connectivity index (χ0n) is 9.32. The van der Waals surface area contributed by atoms with Crippen LogP contribution in [0.5, 0.6) is 11.5 Å². The molecule has 92 valence electrons. The van der Waals surface area contributed by atoms with Crippen LogP contribution in [0.4, 0.5) is 0 Å². The molecule has 0 fully saturated rings. The number of rotatable bonds is 5. The van der Waals surface area contributed by atoms with Crippen LogP contribution in [-0.4, -0.2) is 36.4 Å². The number of aromatic carboxylic acids is 1. The van der Waals surface area contributed by atoms with Crippen molar-refractivity contribution in [2.45, 2.75) is 0 Å². The van der Waals surface area contributed by atoms with Crippen molar-refractivity contribution in [2.24, 2.45) is 0 Å². The number of Topliss-reactive ketones (excluding diaryl/α,β-unsaturated/α-hetero) is 1. The van der Waals surface area contributed by atoms with Crippen LogP contribution in [-0.2, 0) is 0 Å². The van der Waals surface area contributed by atoms with Gasteiger partial charge in [0, 0.05) is 6.07 Å². The van der Waals surface area contributed by atoms with Gasteiger partial charge in [-0.05, 0) is 6.07 Å². The van der Waals surface area contributed by atoms with Gasteiger partial charge in [0.2, 0.25) is 0 Å². The van der Waals surface area contributed by atoms with Crippen molar-refractivity contribution in [1.82, 2.24) is 0 Å². The highest BCUT2D eigenvalue weighted by Crippen LogP contribution is 2.29. The first-order chi connectivity index (χ1) is 8.04. The smallest absolute Gasteiger partial charge is 0.339 e. The van der Waals surface area contributed by atoms with Crippen LogP contribution < -0.4 is 9.47 Å². The second kappa shape index (κ2) is 5.67. The van der Waals surface area contributed by atoms with Crippen molar-refractivity contribution in [2.75, 3.05) is 19.5 Å². The van der Waals surface area contributed by atoms with Crippen LogP contribution >= 0.6 is 15.9 Å². The summed E-state index contributed by atoms with van der Waals surface area (Å²) in [7, 11) is 2.76. The van der Waals surface area contributed by atoms with Crippen LogP contribution in [0.2, 0.25) is 0 Å². The summed E-state index contributed by atoms with van der Waals surface area (Å²) in [4.78, 5) is 22.6. The monoisotopic (exact) mass is 302 g/mol. The molecule has 5 nitrogen and oxygen atoms in total. The lowest BCUT2D eigenvalue weighted by atomic mass is 10.1. The summed E-state index contributed by atoms with van der Waals surface area (Å²) in [6.45, 7) is 0. The molecule has 0 saturated heterocycles. The third-order valence-corrected chi connectivity index (χ3v) is 2.68. The number of ether oxygens (including phenoxy) is 2. The molecular weight excluding hydrogens is 292 g/mol.